The lowest BCUT2D eigenvalue weighted by Gasteiger charge is -2.10. The second-order valence-electron chi connectivity index (χ2n) is 7.30. The van der Waals surface area contributed by atoms with Crippen LogP contribution in [0.25, 0.3) is 21.3 Å². The number of hydrogen-bond donors (Lipinski definition) is 1. The number of hydrogen-bond acceptors (Lipinski definition) is 6. The van der Waals surface area contributed by atoms with E-state index in [1.807, 2.05) is 24.3 Å². The summed E-state index contributed by atoms with van der Waals surface area (Å²) in [5.41, 5.74) is 3.60. The van der Waals surface area contributed by atoms with Crippen LogP contribution in [0.4, 0.5) is 0 Å². The van der Waals surface area contributed by atoms with Gasteiger partial charge in [0.25, 0.3) is 0 Å². The molecule has 34 heavy (non-hydrogen) atoms. The highest BCUT2D eigenvalue weighted by Crippen LogP contribution is 2.37. The number of ether oxygens (including phenoxy) is 2. The second-order valence-corrected chi connectivity index (χ2v) is 8.21. The van der Waals surface area contributed by atoms with Crippen molar-refractivity contribution in [2.75, 3.05) is 7.11 Å². The molecule has 0 spiro atoms. The van der Waals surface area contributed by atoms with Gasteiger partial charge in [-0.25, -0.2) is 4.98 Å². The highest BCUT2D eigenvalue weighted by Gasteiger charge is 2.15. The molecule has 0 fully saturated rings. The summed E-state index contributed by atoms with van der Waals surface area (Å²) in [5.74, 6) is 5.62. The maximum atomic E-state index is 11.1. The average Bonchev–Trinajstić information content (AvgIpc) is 3.25. The number of pyridine rings is 2. The summed E-state index contributed by atoms with van der Waals surface area (Å²) in [6.45, 7) is 2.05. The Balaban J connectivity index is 0.00000324. The molecule has 1 atom stereocenters. The van der Waals surface area contributed by atoms with Crippen LogP contribution in [0.5, 0.6) is 11.6 Å². The van der Waals surface area contributed by atoms with Crippen LogP contribution in [0.3, 0.4) is 0 Å². The molecule has 3 aromatic heterocycles. The molecule has 0 aliphatic carbocycles. The van der Waals surface area contributed by atoms with Gasteiger partial charge < -0.3 is 14.6 Å². The number of carbonyl (C=O) groups is 1. The Labute approximate surface area is 209 Å². The summed E-state index contributed by atoms with van der Waals surface area (Å²) in [7, 11) is 1.64. The van der Waals surface area contributed by atoms with Gasteiger partial charge in [0.1, 0.15) is 18.1 Å². The number of carboxylic acid groups (broad SMARTS) is 1. The van der Waals surface area contributed by atoms with Gasteiger partial charge in [0.05, 0.1) is 19.4 Å². The zero-order valence-corrected chi connectivity index (χ0v) is 20.6. The highest BCUT2D eigenvalue weighted by molar-refractivity contribution is 7.59. The van der Waals surface area contributed by atoms with Crippen molar-refractivity contribution >= 4 is 40.9 Å². The normalized spacial score (nSPS) is 11.1. The van der Waals surface area contributed by atoms with Gasteiger partial charge in [-0.2, -0.15) is 13.5 Å². The van der Waals surface area contributed by atoms with Crippen molar-refractivity contribution in [3.8, 4) is 34.7 Å². The standard InChI is InChI=1S/C26H22N2O4S.H2S/c1-3-5-18(13-25(29)30)19-8-10-24(28-14-19)32-15-17-7-9-23-20(12-17)21(16-33-23)26-22(31-2)6-4-11-27-26;/h4,6-12,14,16,18H,13,15H2,1-2H3,(H,29,30);1H2/t18-;/m0./s1. The quantitative estimate of drug-likeness (QED) is 0.321. The summed E-state index contributed by atoms with van der Waals surface area (Å²) in [6, 6.07) is 13.5. The molecule has 6 nitrogen and oxygen atoms in total. The van der Waals surface area contributed by atoms with Crippen LogP contribution in [0, 0.1) is 11.8 Å². The van der Waals surface area contributed by atoms with Gasteiger partial charge in [0.2, 0.25) is 5.88 Å². The minimum absolute atomic E-state index is 0. The lowest BCUT2D eigenvalue weighted by atomic mass is 9.98. The molecular weight excluding hydrogens is 468 g/mol. The van der Waals surface area contributed by atoms with E-state index in [0.717, 1.165) is 38.2 Å². The van der Waals surface area contributed by atoms with Crippen molar-refractivity contribution in [2.45, 2.75) is 25.9 Å². The molecule has 0 saturated heterocycles. The van der Waals surface area contributed by atoms with Gasteiger partial charge in [-0.15, -0.1) is 17.3 Å². The molecule has 174 valence electrons. The molecule has 0 amide bonds. The zero-order valence-electron chi connectivity index (χ0n) is 18.7. The molecule has 0 saturated carbocycles. The SMILES string of the molecule is CC#C[C@@H](CC(=O)O)c1ccc(OCc2ccc3scc(-c4ncccc4OC)c3c2)nc1.S. The fraction of sp³-hybridized carbons (Fsp3) is 0.192. The third-order valence-corrected chi connectivity index (χ3v) is 6.09. The van der Waals surface area contributed by atoms with Crippen molar-refractivity contribution < 1.29 is 19.4 Å². The van der Waals surface area contributed by atoms with E-state index < -0.39 is 11.9 Å². The molecule has 0 aliphatic rings. The predicted octanol–water partition coefficient (Wildman–Crippen LogP) is 5.64. The van der Waals surface area contributed by atoms with E-state index in [1.165, 1.54) is 0 Å². The van der Waals surface area contributed by atoms with E-state index in [9.17, 15) is 4.79 Å². The predicted molar refractivity (Wildman–Crippen MR) is 139 cm³/mol. The van der Waals surface area contributed by atoms with Crippen molar-refractivity contribution in [3.63, 3.8) is 0 Å². The Bertz CT molecular complexity index is 1340. The van der Waals surface area contributed by atoms with E-state index in [4.69, 9.17) is 14.6 Å². The lowest BCUT2D eigenvalue weighted by molar-refractivity contribution is -0.137. The maximum Gasteiger partial charge on any atom is 0.304 e. The zero-order chi connectivity index (χ0) is 23.2. The summed E-state index contributed by atoms with van der Waals surface area (Å²) >= 11 is 1.66. The maximum absolute atomic E-state index is 11.1. The van der Waals surface area contributed by atoms with Crippen LogP contribution in [0.1, 0.15) is 30.4 Å². The Hall–Kier alpha value is -3.54. The lowest BCUT2D eigenvalue weighted by Crippen LogP contribution is -2.05. The van der Waals surface area contributed by atoms with Crippen LogP contribution in [0.15, 0.2) is 60.2 Å². The van der Waals surface area contributed by atoms with Gasteiger partial charge in [-0.1, -0.05) is 18.1 Å². The smallest absolute Gasteiger partial charge is 0.304 e. The molecule has 0 radical (unpaired) electrons. The fourth-order valence-electron chi connectivity index (χ4n) is 3.55. The largest absolute Gasteiger partial charge is 0.494 e. The number of aromatic nitrogens is 2. The average molecular weight is 493 g/mol. The number of fused-ring (bicyclic) bond motifs is 1. The van der Waals surface area contributed by atoms with Crippen LogP contribution in [-0.2, 0) is 11.4 Å². The molecule has 0 unspecified atom stereocenters. The van der Waals surface area contributed by atoms with Gasteiger partial charge in [0.15, 0.2) is 0 Å². The monoisotopic (exact) mass is 492 g/mol. The van der Waals surface area contributed by atoms with Gasteiger partial charge in [-0.05, 0) is 42.3 Å². The van der Waals surface area contributed by atoms with Gasteiger partial charge >= 0.3 is 5.97 Å². The van der Waals surface area contributed by atoms with Crippen molar-refractivity contribution in [1.82, 2.24) is 9.97 Å². The Morgan fingerprint density at radius 1 is 1.21 bits per heavy atom. The first-order valence-electron chi connectivity index (χ1n) is 10.3. The first kappa shape index (κ1) is 25.1. The van der Waals surface area contributed by atoms with E-state index in [-0.39, 0.29) is 19.9 Å². The summed E-state index contributed by atoms with van der Waals surface area (Å²) in [4.78, 5) is 19.9. The minimum atomic E-state index is -0.894. The highest BCUT2D eigenvalue weighted by atomic mass is 32.1. The third-order valence-electron chi connectivity index (χ3n) is 5.13. The third kappa shape index (κ3) is 5.68. The molecule has 1 N–H and O–H groups in total. The van der Waals surface area contributed by atoms with E-state index >= 15 is 0 Å². The number of rotatable bonds is 8. The molecule has 0 bridgehead atoms. The molecule has 1 aromatic carbocycles. The van der Waals surface area contributed by atoms with Crippen molar-refractivity contribution in [3.05, 3.63) is 71.4 Å². The van der Waals surface area contributed by atoms with Crippen molar-refractivity contribution in [2.24, 2.45) is 0 Å². The first-order valence-corrected chi connectivity index (χ1v) is 11.2. The van der Waals surface area contributed by atoms with Gasteiger partial charge in [0, 0.05) is 39.5 Å². The van der Waals surface area contributed by atoms with Gasteiger partial charge in [-0.3, -0.25) is 9.78 Å². The molecule has 8 heteroatoms. The molecule has 3 heterocycles. The minimum Gasteiger partial charge on any atom is -0.494 e. The number of carboxylic acids is 1. The first-order chi connectivity index (χ1) is 16.1. The molecule has 4 rings (SSSR count). The number of thiophene rings is 1. The number of aliphatic carboxylic acids is 1. The topological polar surface area (TPSA) is 81.5 Å². The number of methoxy groups -OCH3 is 1. The van der Waals surface area contributed by atoms with Crippen LogP contribution >= 0.6 is 24.8 Å². The Morgan fingerprint density at radius 3 is 2.76 bits per heavy atom. The van der Waals surface area contributed by atoms with E-state index in [2.05, 4.69) is 39.3 Å². The fourth-order valence-corrected chi connectivity index (χ4v) is 4.47. The second kappa shape index (κ2) is 11.5. The van der Waals surface area contributed by atoms with Crippen molar-refractivity contribution in [1.29, 1.82) is 0 Å². The van der Waals surface area contributed by atoms with E-state index in [1.54, 1.807) is 43.8 Å². The van der Waals surface area contributed by atoms with Crippen LogP contribution < -0.4 is 9.47 Å². The Kier molecular flexibility index (Phi) is 8.52. The number of benzene rings is 1. The Morgan fingerprint density at radius 2 is 2.06 bits per heavy atom. The summed E-state index contributed by atoms with van der Waals surface area (Å²) in [5, 5.41) is 12.3. The summed E-state index contributed by atoms with van der Waals surface area (Å²) in [6.07, 6.45) is 3.32. The molecular formula is C26H24N2O4S2. The number of nitrogens with zero attached hydrogens (tertiary/aromatic N) is 2. The van der Waals surface area contributed by atoms with Crippen LogP contribution in [-0.4, -0.2) is 28.2 Å². The van der Waals surface area contributed by atoms with Crippen LogP contribution in [0.2, 0.25) is 0 Å². The molecule has 4 aromatic rings. The molecule has 0 aliphatic heterocycles. The summed E-state index contributed by atoms with van der Waals surface area (Å²) < 4.78 is 12.5. The van der Waals surface area contributed by atoms with E-state index in [0.29, 0.717) is 12.5 Å².